The second-order valence-electron chi connectivity index (χ2n) is 10.4. The molecular formula is C28H41N3O6. The molecule has 2 unspecified atom stereocenters. The molecule has 3 aliphatic rings. The molecule has 0 aliphatic carbocycles. The van der Waals surface area contributed by atoms with Gasteiger partial charge in [0, 0.05) is 25.4 Å². The van der Waals surface area contributed by atoms with Crippen molar-refractivity contribution >= 4 is 23.4 Å². The molecule has 1 aromatic rings. The molecule has 3 heterocycles. The highest BCUT2D eigenvalue weighted by Crippen LogP contribution is 2.64. The Morgan fingerprint density at radius 3 is 2.51 bits per heavy atom. The lowest BCUT2D eigenvalue weighted by Crippen LogP contribution is -2.55. The number of likely N-dealkylation sites (tertiary alicyclic amines) is 1. The Morgan fingerprint density at radius 2 is 1.86 bits per heavy atom. The molecule has 1 spiro atoms. The lowest BCUT2D eigenvalue weighted by atomic mass is 9.65. The van der Waals surface area contributed by atoms with E-state index in [1.165, 1.54) is 0 Å². The molecule has 3 aliphatic heterocycles. The molecule has 4 rings (SSSR count). The molecule has 3 fully saturated rings. The summed E-state index contributed by atoms with van der Waals surface area (Å²) < 4.78 is 12.2. The lowest BCUT2D eigenvalue weighted by Gasteiger charge is -2.34. The molecule has 9 nitrogen and oxygen atoms in total. The van der Waals surface area contributed by atoms with Crippen LogP contribution in [-0.4, -0.2) is 71.3 Å². The number of nitrogens with zero attached hydrogens (tertiary/aromatic N) is 1. The second kappa shape index (κ2) is 11.4. The van der Waals surface area contributed by atoms with Gasteiger partial charge in [0.25, 0.3) is 0 Å². The minimum atomic E-state index is -1.04. The average Bonchev–Trinajstić information content (AvgIpc) is 3.50. The largest absolute Gasteiger partial charge is 0.494 e. The Labute approximate surface area is 219 Å². The zero-order valence-electron chi connectivity index (χ0n) is 22.3. The fraction of sp³-hybridized carbons (Fsp3) is 0.679. The third-order valence-electron chi connectivity index (χ3n) is 8.28. The maximum Gasteiger partial charge on any atom is 0.245 e. The Hall–Kier alpha value is -2.65. The van der Waals surface area contributed by atoms with Crippen molar-refractivity contribution in [2.45, 2.75) is 83.0 Å². The van der Waals surface area contributed by atoms with Crippen LogP contribution < -0.4 is 15.4 Å². The van der Waals surface area contributed by atoms with Crippen molar-refractivity contribution in [2.24, 2.45) is 11.8 Å². The molecule has 3 amide bonds. The zero-order chi connectivity index (χ0) is 26.6. The van der Waals surface area contributed by atoms with E-state index in [0.717, 1.165) is 19.3 Å². The molecule has 204 valence electrons. The summed E-state index contributed by atoms with van der Waals surface area (Å²) >= 11 is 0. The Balaban J connectivity index is 1.62. The summed E-state index contributed by atoms with van der Waals surface area (Å²) in [4.78, 5) is 42.8. The van der Waals surface area contributed by atoms with Gasteiger partial charge in [-0.3, -0.25) is 14.4 Å². The normalized spacial score (nSPS) is 29.9. The van der Waals surface area contributed by atoms with Crippen molar-refractivity contribution in [3.63, 3.8) is 0 Å². The maximum atomic E-state index is 13.9. The van der Waals surface area contributed by atoms with E-state index in [2.05, 4.69) is 17.6 Å². The van der Waals surface area contributed by atoms with E-state index in [9.17, 15) is 19.5 Å². The molecule has 37 heavy (non-hydrogen) atoms. The Morgan fingerprint density at radius 1 is 1.11 bits per heavy atom. The number of ether oxygens (including phenoxy) is 2. The van der Waals surface area contributed by atoms with Crippen LogP contribution in [-0.2, 0) is 19.1 Å². The van der Waals surface area contributed by atoms with Gasteiger partial charge in [0.05, 0.1) is 24.0 Å². The molecular weight excluding hydrogens is 474 g/mol. The van der Waals surface area contributed by atoms with E-state index >= 15 is 0 Å². The third-order valence-corrected chi connectivity index (χ3v) is 8.28. The predicted molar refractivity (Wildman–Crippen MR) is 139 cm³/mol. The smallest absolute Gasteiger partial charge is 0.245 e. The van der Waals surface area contributed by atoms with E-state index in [-0.39, 0.29) is 30.9 Å². The molecule has 1 aromatic carbocycles. The molecule has 0 saturated carbocycles. The van der Waals surface area contributed by atoms with Crippen LogP contribution in [0.3, 0.4) is 0 Å². The highest BCUT2D eigenvalue weighted by Gasteiger charge is 2.78. The first-order chi connectivity index (χ1) is 17.9. The number of anilines is 1. The van der Waals surface area contributed by atoms with Gasteiger partial charge in [0.15, 0.2) is 0 Å². The summed E-state index contributed by atoms with van der Waals surface area (Å²) in [6.07, 6.45) is 5.00. The van der Waals surface area contributed by atoms with Crippen LogP contribution >= 0.6 is 0 Å². The third kappa shape index (κ3) is 4.83. The summed E-state index contributed by atoms with van der Waals surface area (Å²) in [6, 6.07) is 6.34. The average molecular weight is 516 g/mol. The van der Waals surface area contributed by atoms with E-state index in [0.29, 0.717) is 50.3 Å². The SMILES string of the molecule is CCCCCNC(=O)C1N(CCCO)C(=O)[C@@H]2[C@H](C(=O)Nc3ccc(OCC)cc3)[C@]3(CC)CCC12O3. The number of benzene rings is 1. The maximum absolute atomic E-state index is 13.9. The van der Waals surface area contributed by atoms with Gasteiger partial charge >= 0.3 is 0 Å². The lowest BCUT2D eigenvalue weighted by molar-refractivity contribution is -0.146. The van der Waals surface area contributed by atoms with Crippen LogP contribution in [0.4, 0.5) is 5.69 Å². The fourth-order valence-electron chi connectivity index (χ4n) is 6.60. The van der Waals surface area contributed by atoms with Crippen molar-refractivity contribution in [2.75, 3.05) is 31.6 Å². The number of nitrogens with one attached hydrogen (secondary N) is 2. The van der Waals surface area contributed by atoms with Gasteiger partial charge in [-0.2, -0.15) is 0 Å². The Kier molecular flexibility index (Phi) is 8.43. The van der Waals surface area contributed by atoms with Gasteiger partial charge in [-0.25, -0.2) is 0 Å². The number of amides is 3. The monoisotopic (exact) mass is 515 g/mol. The van der Waals surface area contributed by atoms with Gasteiger partial charge in [-0.15, -0.1) is 0 Å². The van der Waals surface area contributed by atoms with Crippen LogP contribution in [0.2, 0.25) is 0 Å². The zero-order valence-corrected chi connectivity index (χ0v) is 22.3. The van der Waals surface area contributed by atoms with E-state index in [4.69, 9.17) is 9.47 Å². The molecule has 2 bridgehead atoms. The van der Waals surface area contributed by atoms with Crippen molar-refractivity contribution < 1.29 is 29.0 Å². The van der Waals surface area contributed by atoms with E-state index in [1.807, 2.05) is 13.8 Å². The van der Waals surface area contributed by atoms with Crippen LogP contribution in [0.5, 0.6) is 5.75 Å². The summed E-state index contributed by atoms with van der Waals surface area (Å²) in [5, 5.41) is 15.5. The van der Waals surface area contributed by atoms with Crippen LogP contribution in [0.15, 0.2) is 24.3 Å². The first-order valence-corrected chi connectivity index (χ1v) is 13.8. The van der Waals surface area contributed by atoms with Gasteiger partial charge in [-0.1, -0.05) is 26.7 Å². The number of aliphatic hydroxyl groups excluding tert-OH is 1. The number of fused-ring (bicyclic) bond motifs is 1. The predicted octanol–water partition coefficient (Wildman–Crippen LogP) is 2.87. The molecule has 0 radical (unpaired) electrons. The topological polar surface area (TPSA) is 117 Å². The van der Waals surface area contributed by atoms with Crippen molar-refractivity contribution in [3.05, 3.63) is 24.3 Å². The van der Waals surface area contributed by atoms with Gasteiger partial charge < -0.3 is 30.1 Å². The standard InChI is InChI=1S/C28H41N3O6/c1-4-7-8-16-29-25(34)23-28-15-14-27(5-2,37-28)21(22(28)26(35)31(23)17-9-18-32)24(33)30-19-10-12-20(13-11-19)36-6-3/h10-13,21-23,32H,4-9,14-18H2,1-3H3,(H,29,34)(H,30,33)/t21-,22+,23?,27+,28?/m1/s1. The van der Waals surface area contributed by atoms with Crippen molar-refractivity contribution in [1.29, 1.82) is 0 Å². The van der Waals surface area contributed by atoms with E-state index in [1.54, 1.807) is 29.2 Å². The second-order valence-corrected chi connectivity index (χ2v) is 10.4. The number of unbranched alkanes of at least 4 members (excludes halogenated alkanes) is 2. The number of carbonyl (C=O) groups excluding carboxylic acids is 3. The molecule has 0 aromatic heterocycles. The Bertz CT molecular complexity index is 985. The van der Waals surface area contributed by atoms with Crippen molar-refractivity contribution in [3.8, 4) is 5.75 Å². The number of hydrogen-bond acceptors (Lipinski definition) is 6. The summed E-state index contributed by atoms with van der Waals surface area (Å²) in [5.41, 5.74) is -1.22. The quantitative estimate of drug-likeness (QED) is 0.348. The number of aliphatic hydroxyl groups is 1. The first-order valence-electron chi connectivity index (χ1n) is 13.8. The highest BCUT2D eigenvalue weighted by atomic mass is 16.5. The number of hydrogen-bond donors (Lipinski definition) is 3. The fourth-order valence-corrected chi connectivity index (χ4v) is 6.60. The number of carbonyl (C=O) groups is 3. The van der Waals surface area contributed by atoms with Crippen LogP contribution in [0, 0.1) is 11.8 Å². The molecule has 5 atom stereocenters. The van der Waals surface area contributed by atoms with Crippen LogP contribution in [0.1, 0.15) is 65.7 Å². The van der Waals surface area contributed by atoms with Gasteiger partial charge in [-0.05, 0) is 63.3 Å². The minimum absolute atomic E-state index is 0.0896. The van der Waals surface area contributed by atoms with Crippen molar-refractivity contribution in [1.82, 2.24) is 10.2 Å². The summed E-state index contributed by atoms with van der Waals surface area (Å²) in [6.45, 7) is 7.23. The summed E-state index contributed by atoms with van der Waals surface area (Å²) in [5.74, 6) is -1.47. The number of rotatable bonds is 13. The summed E-state index contributed by atoms with van der Waals surface area (Å²) in [7, 11) is 0. The highest BCUT2D eigenvalue weighted by molar-refractivity contribution is 6.02. The molecule has 3 saturated heterocycles. The van der Waals surface area contributed by atoms with Crippen LogP contribution in [0.25, 0.3) is 0 Å². The van der Waals surface area contributed by atoms with Gasteiger partial charge in [0.2, 0.25) is 17.7 Å². The minimum Gasteiger partial charge on any atom is -0.494 e. The molecule has 3 N–H and O–H groups in total. The first kappa shape index (κ1) is 27.4. The van der Waals surface area contributed by atoms with E-state index < -0.39 is 29.1 Å². The molecule has 9 heteroatoms. The van der Waals surface area contributed by atoms with Gasteiger partial charge in [0.1, 0.15) is 17.4 Å².